The monoisotopic (exact) mass is 378 g/mol. The molecule has 1 fully saturated rings. The van der Waals surface area contributed by atoms with Crippen molar-refractivity contribution >= 4 is 5.78 Å². The van der Waals surface area contributed by atoms with E-state index in [0.717, 1.165) is 19.3 Å². The van der Waals surface area contributed by atoms with Gasteiger partial charge in [-0.15, -0.1) is 0 Å². The molecule has 1 aliphatic carbocycles. The zero-order valence-corrected chi connectivity index (χ0v) is 17.2. The molecule has 5 nitrogen and oxygen atoms in total. The van der Waals surface area contributed by atoms with Gasteiger partial charge in [0, 0.05) is 6.42 Å². The maximum Gasteiger partial charge on any atom is 0.190 e. The third kappa shape index (κ3) is 5.38. The van der Waals surface area contributed by atoms with Crippen LogP contribution in [0.4, 0.5) is 0 Å². The van der Waals surface area contributed by atoms with Crippen LogP contribution in [0.15, 0.2) is 34.9 Å². The summed E-state index contributed by atoms with van der Waals surface area (Å²) in [5.74, 6) is -0.0412. The van der Waals surface area contributed by atoms with Gasteiger partial charge in [-0.3, -0.25) is 4.79 Å². The van der Waals surface area contributed by atoms with E-state index in [0.29, 0.717) is 18.4 Å². The van der Waals surface area contributed by atoms with Crippen molar-refractivity contribution in [1.82, 2.24) is 0 Å². The van der Waals surface area contributed by atoms with E-state index in [9.17, 15) is 20.1 Å². The summed E-state index contributed by atoms with van der Waals surface area (Å²) in [5.41, 5.74) is 1.14. The van der Waals surface area contributed by atoms with Crippen molar-refractivity contribution in [3.8, 4) is 0 Å². The highest BCUT2D eigenvalue weighted by atomic mass is 16.6. The first-order valence-corrected chi connectivity index (χ1v) is 9.77. The zero-order chi connectivity index (χ0) is 20.4. The minimum atomic E-state index is -1.07. The lowest BCUT2D eigenvalue weighted by molar-refractivity contribution is -0.119. The summed E-state index contributed by atoms with van der Waals surface area (Å²) in [7, 11) is 0. The summed E-state index contributed by atoms with van der Waals surface area (Å²) in [6, 6.07) is 0. The lowest BCUT2D eigenvalue weighted by Gasteiger charge is -2.24. The Morgan fingerprint density at radius 3 is 2.56 bits per heavy atom. The topological polar surface area (TPSA) is 90.3 Å². The number of fused-ring (bicyclic) bond motifs is 1. The number of epoxide rings is 1. The number of carbonyl (C=O) groups is 1. The van der Waals surface area contributed by atoms with E-state index in [4.69, 9.17) is 4.74 Å². The van der Waals surface area contributed by atoms with Crippen LogP contribution >= 0.6 is 0 Å². The second kappa shape index (κ2) is 8.39. The molecule has 0 bridgehead atoms. The fraction of sp³-hybridized carbons (Fsp3) is 0.682. The first-order valence-electron chi connectivity index (χ1n) is 9.77. The third-order valence-corrected chi connectivity index (χ3v) is 5.68. The van der Waals surface area contributed by atoms with Gasteiger partial charge in [0.1, 0.15) is 12.2 Å². The van der Waals surface area contributed by atoms with E-state index in [2.05, 4.69) is 6.08 Å². The van der Waals surface area contributed by atoms with Crippen molar-refractivity contribution in [3.63, 3.8) is 0 Å². The van der Waals surface area contributed by atoms with Crippen LogP contribution in [-0.2, 0) is 9.53 Å². The predicted octanol–water partition coefficient (Wildman–Crippen LogP) is 2.99. The highest BCUT2D eigenvalue weighted by Crippen LogP contribution is 2.48. The van der Waals surface area contributed by atoms with Crippen LogP contribution in [0, 0.1) is 0 Å². The molecule has 0 aromatic rings. The number of allylic oxidation sites excluding steroid dienone is 3. The summed E-state index contributed by atoms with van der Waals surface area (Å²) in [6.07, 6.45) is 7.47. The molecular formula is C22H34O5. The van der Waals surface area contributed by atoms with Gasteiger partial charge in [-0.05, 0) is 72.0 Å². The van der Waals surface area contributed by atoms with E-state index >= 15 is 0 Å². The van der Waals surface area contributed by atoms with Gasteiger partial charge in [-0.1, -0.05) is 23.3 Å². The number of hydrogen-bond donors (Lipinski definition) is 3. The van der Waals surface area contributed by atoms with Crippen molar-refractivity contribution in [1.29, 1.82) is 0 Å². The number of carbonyl (C=O) groups excluding carboxylic acids is 1. The molecule has 1 heterocycles. The maximum atomic E-state index is 12.2. The van der Waals surface area contributed by atoms with Crippen LogP contribution in [0.5, 0.6) is 0 Å². The molecule has 1 unspecified atom stereocenters. The predicted molar refractivity (Wildman–Crippen MR) is 105 cm³/mol. The number of ketones is 1. The van der Waals surface area contributed by atoms with Gasteiger partial charge in [0.2, 0.25) is 0 Å². The highest BCUT2D eigenvalue weighted by molar-refractivity contribution is 6.02. The second-order valence-corrected chi connectivity index (χ2v) is 8.68. The first-order chi connectivity index (χ1) is 12.5. The normalized spacial score (nSPS) is 30.1. The van der Waals surface area contributed by atoms with Gasteiger partial charge in [-0.2, -0.15) is 0 Å². The number of aliphatic hydroxyl groups is 3. The average Bonchev–Trinajstić information content (AvgIpc) is 3.32. The Labute approximate surface area is 162 Å². The fourth-order valence-electron chi connectivity index (χ4n) is 3.42. The van der Waals surface area contributed by atoms with Crippen molar-refractivity contribution in [3.05, 3.63) is 34.9 Å². The minimum Gasteiger partial charge on any atom is -0.390 e. The van der Waals surface area contributed by atoms with Crippen LogP contribution in [0.1, 0.15) is 66.7 Å². The van der Waals surface area contributed by atoms with Crippen LogP contribution in [0.3, 0.4) is 0 Å². The molecule has 1 aliphatic heterocycles. The van der Waals surface area contributed by atoms with E-state index < -0.39 is 29.5 Å². The van der Waals surface area contributed by atoms with Gasteiger partial charge in [0.25, 0.3) is 0 Å². The Balaban J connectivity index is 1.78. The Morgan fingerprint density at radius 1 is 1.30 bits per heavy atom. The minimum absolute atomic E-state index is 0.0412. The molecule has 5 heteroatoms. The zero-order valence-electron chi connectivity index (χ0n) is 17.2. The summed E-state index contributed by atoms with van der Waals surface area (Å²) in [6.45, 7) is 9.07. The van der Waals surface area contributed by atoms with Gasteiger partial charge in [-0.25, -0.2) is 0 Å². The number of ether oxygens (including phenoxy) is 1. The molecule has 0 spiro atoms. The number of rotatable bonds is 9. The standard InChI is InChI=1S/C22H34O5/c1-14(9-10-17(23)21(4,5)26)7-6-8-15(2)11-12-22-18(24)13-16(3)19(25)20(22)27-22/h7,11,13,17,19-20,23,25-26H,6,8-10,12H2,1-5H3/t17?,19-,20+,22-/m1/s1. The van der Waals surface area contributed by atoms with Crippen molar-refractivity contribution in [2.24, 2.45) is 0 Å². The molecule has 0 radical (unpaired) electrons. The molecular weight excluding hydrogens is 344 g/mol. The summed E-state index contributed by atoms with van der Waals surface area (Å²) in [4.78, 5) is 12.2. The molecule has 152 valence electrons. The lowest BCUT2D eigenvalue weighted by Crippen LogP contribution is -2.36. The van der Waals surface area contributed by atoms with Gasteiger partial charge >= 0.3 is 0 Å². The van der Waals surface area contributed by atoms with Gasteiger partial charge in [0.05, 0.1) is 11.7 Å². The first kappa shape index (κ1) is 22.0. The summed E-state index contributed by atoms with van der Waals surface area (Å²) >= 11 is 0. The van der Waals surface area contributed by atoms with Crippen molar-refractivity contribution in [2.45, 2.75) is 96.2 Å². The van der Waals surface area contributed by atoms with Crippen molar-refractivity contribution in [2.75, 3.05) is 0 Å². The molecule has 3 N–H and O–H groups in total. The molecule has 0 aromatic carbocycles. The van der Waals surface area contributed by atoms with E-state index in [1.165, 1.54) is 17.2 Å². The lowest BCUT2D eigenvalue weighted by atomic mass is 9.84. The Kier molecular flexibility index (Phi) is 6.85. The van der Waals surface area contributed by atoms with Crippen LogP contribution in [0.2, 0.25) is 0 Å². The summed E-state index contributed by atoms with van der Waals surface area (Å²) in [5, 5.41) is 29.7. The number of aliphatic hydroxyl groups excluding tert-OH is 2. The summed E-state index contributed by atoms with van der Waals surface area (Å²) < 4.78 is 5.58. The maximum absolute atomic E-state index is 12.2. The third-order valence-electron chi connectivity index (χ3n) is 5.68. The Bertz CT molecular complexity index is 652. The van der Waals surface area contributed by atoms with E-state index in [1.54, 1.807) is 20.8 Å². The Morgan fingerprint density at radius 2 is 1.93 bits per heavy atom. The van der Waals surface area contributed by atoms with Gasteiger partial charge < -0.3 is 20.1 Å². The largest absolute Gasteiger partial charge is 0.390 e. The molecule has 27 heavy (non-hydrogen) atoms. The molecule has 2 rings (SSSR count). The molecule has 1 saturated heterocycles. The second-order valence-electron chi connectivity index (χ2n) is 8.68. The van der Waals surface area contributed by atoms with E-state index in [-0.39, 0.29) is 5.78 Å². The van der Waals surface area contributed by atoms with Crippen LogP contribution in [0.25, 0.3) is 0 Å². The van der Waals surface area contributed by atoms with Gasteiger partial charge in [0.15, 0.2) is 11.4 Å². The van der Waals surface area contributed by atoms with Crippen molar-refractivity contribution < 1.29 is 24.9 Å². The van der Waals surface area contributed by atoms with Crippen LogP contribution in [-0.4, -0.2) is 50.6 Å². The van der Waals surface area contributed by atoms with Crippen LogP contribution < -0.4 is 0 Å². The van der Waals surface area contributed by atoms with E-state index in [1.807, 2.05) is 19.9 Å². The number of hydrogen-bond acceptors (Lipinski definition) is 5. The SMILES string of the molecule is CC(=CC[C@]12O[C@H]1[C@H](O)C(C)=CC2=O)CCC=C(C)CCC(O)C(C)(C)O. The molecule has 2 aliphatic rings. The fourth-order valence-corrected chi connectivity index (χ4v) is 3.42. The Hall–Kier alpha value is -1.27. The molecule has 0 aromatic heterocycles. The molecule has 4 atom stereocenters. The molecule has 0 saturated carbocycles. The smallest absolute Gasteiger partial charge is 0.190 e. The quantitative estimate of drug-likeness (QED) is 0.424. The highest BCUT2D eigenvalue weighted by Gasteiger charge is 2.65. The average molecular weight is 379 g/mol. The molecule has 0 amide bonds.